The third-order valence-corrected chi connectivity index (χ3v) is 4.46. The number of nitrogens with zero attached hydrogens (tertiary/aromatic N) is 5. The van der Waals surface area contributed by atoms with Crippen LogP contribution in [0.4, 0.5) is 4.39 Å². The fourth-order valence-electron chi connectivity index (χ4n) is 3.03. The number of oxazole rings is 1. The lowest BCUT2D eigenvalue weighted by molar-refractivity contribution is 0.421. The van der Waals surface area contributed by atoms with Crippen molar-refractivity contribution in [3.05, 3.63) is 83.1 Å². The van der Waals surface area contributed by atoms with Gasteiger partial charge in [0.05, 0.1) is 18.4 Å². The molecule has 0 atom stereocenters. The summed E-state index contributed by atoms with van der Waals surface area (Å²) in [5.41, 5.74) is 1.73. The Kier molecular flexibility index (Phi) is 4.28. The van der Waals surface area contributed by atoms with Gasteiger partial charge in [0.2, 0.25) is 5.89 Å². The normalized spacial score (nSPS) is 11.1. The van der Waals surface area contributed by atoms with Crippen LogP contribution in [0.5, 0.6) is 0 Å². The van der Waals surface area contributed by atoms with Gasteiger partial charge in [-0.25, -0.2) is 14.4 Å². The SMILES string of the molecule is O=c1[nH]c(-c2cc(-c3ccon3)n(Cc3ccccc3F)n2)ncc1-c1ncco1. The van der Waals surface area contributed by atoms with Crippen molar-refractivity contribution in [3.8, 4) is 34.4 Å². The highest BCUT2D eigenvalue weighted by atomic mass is 19.1. The van der Waals surface area contributed by atoms with E-state index >= 15 is 0 Å². The molecule has 9 nitrogen and oxygen atoms in total. The molecule has 148 valence electrons. The minimum Gasteiger partial charge on any atom is -0.444 e. The Labute approximate surface area is 167 Å². The molecule has 4 heterocycles. The third kappa shape index (κ3) is 3.20. The van der Waals surface area contributed by atoms with E-state index in [0.717, 1.165) is 0 Å². The molecule has 1 aromatic carbocycles. The first kappa shape index (κ1) is 17.7. The van der Waals surface area contributed by atoms with Gasteiger partial charge in [-0.15, -0.1) is 0 Å². The second-order valence-electron chi connectivity index (χ2n) is 6.36. The number of H-pyrrole nitrogens is 1. The molecule has 0 aliphatic carbocycles. The van der Waals surface area contributed by atoms with Gasteiger partial charge in [0.1, 0.15) is 35.3 Å². The maximum atomic E-state index is 14.2. The molecule has 5 rings (SSSR count). The summed E-state index contributed by atoms with van der Waals surface area (Å²) in [4.78, 5) is 23.4. The van der Waals surface area contributed by atoms with Crippen molar-refractivity contribution in [2.24, 2.45) is 0 Å². The Balaban J connectivity index is 1.57. The van der Waals surface area contributed by atoms with E-state index in [2.05, 4.69) is 25.2 Å². The fourth-order valence-corrected chi connectivity index (χ4v) is 3.03. The predicted octanol–water partition coefficient (Wildman–Crippen LogP) is 3.13. The Morgan fingerprint density at radius 2 is 2.00 bits per heavy atom. The Morgan fingerprint density at radius 1 is 1.10 bits per heavy atom. The summed E-state index contributed by atoms with van der Waals surface area (Å²) < 4.78 is 25.8. The molecule has 1 N–H and O–H groups in total. The lowest BCUT2D eigenvalue weighted by Gasteiger charge is -2.06. The van der Waals surface area contributed by atoms with Gasteiger partial charge in [-0.05, 0) is 12.1 Å². The minimum atomic E-state index is -0.422. The van der Waals surface area contributed by atoms with Crippen LogP contribution in [0.25, 0.3) is 34.4 Å². The van der Waals surface area contributed by atoms with Crippen LogP contribution in [0, 0.1) is 5.82 Å². The van der Waals surface area contributed by atoms with Gasteiger partial charge in [0.25, 0.3) is 5.56 Å². The summed E-state index contributed by atoms with van der Waals surface area (Å²) in [5, 5.41) is 8.44. The van der Waals surface area contributed by atoms with Crippen LogP contribution in [0.15, 0.2) is 75.1 Å². The Hall–Kier alpha value is -4.34. The molecule has 30 heavy (non-hydrogen) atoms. The average molecular weight is 404 g/mol. The number of aromatic amines is 1. The summed E-state index contributed by atoms with van der Waals surface area (Å²) in [5.74, 6) is 0.0680. The number of aromatic nitrogens is 6. The van der Waals surface area contributed by atoms with Crippen molar-refractivity contribution in [1.29, 1.82) is 0 Å². The number of halogens is 1. The van der Waals surface area contributed by atoms with E-state index in [1.54, 1.807) is 35.0 Å². The summed E-state index contributed by atoms with van der Waals surface area (Å²) >= 11 is 0. The van der Waals surface area contributed by atoms with Gasteiger partial charge in [-0.3, -0.25) is 9.48 Å². The zero-order valence-electron chi connectivity index (χ0n) is 15.3. The summed E-state index contributed by atoms with van der Waals surface area (Å²) in [6.07, 6.45) is 5.61. The maximum Gasteiger partial charge on any atom is 0.263 e. The predicted molar refractivity (Wildman–Crippen MR) is 103 cm³/mol. The number of rotatable bonds is 5. The van der Waals surface area contributed by atoms with Gasteiger partial charge in [-0.2, -0.15) is 5.10 Å². The van der Waals surface area contributed by atoms with Crippen LogP contribution >= 0.6 is 0 Å². The monoisotopic (exact) mass is 404 g/mol. The van der Waals surface area contributed by atoms with E-state index in [4.69, 9.17) is 8.94 Å². The highest BCUT2D eigenvalue weighted by molar-refractivity contribution is 5.63. The number of nitrogens with one attached hydrogen (secondary N) is 1. The second kappa shape index (κ2) is 7.24. The highest BCUT2D eigenvalue weighted by Gasteiger charge is 2.18. The van der Waals surface area contributed by atoms with Crippen LogP contribution < -0.4 is 5.56 Å². The number of hydrogen-bond donors (Lipinski definition) is 1. The van der Waals surface area contributed by atoms with E-state index in [-0.39, 0.29) is 29.6 Å². The largest absolute Gasteiger partial charge is 0.444 e. The molecular weight excluding hydrogens is 391 g/mol. The highest BCUT2D eigenvalue weighted by Crippen LogP contribution is 2.25. The van der Waals surface area contributed by atoms with Crippen molar-refractivity contribution in [1.82, 2.24) is 29.9 Å². The summed E-state index contributed by atoms with van der Waals surface area (Å²) in [6, 6.07) is 9.79. The molecule has 0 saturated carbocycles. The standard InChI is InChI=1S/C20H13FN6O3/c21-14-4-2-1-3-12(14)11-27-17(15-5-7-30-26-15)9-16(25-27)18-23-10-13(19(28)24-18)20-22-6-8-29-20/h1-10H,11H2,(H,23,24,28). The molecule has 0 aliphatic heterocycles. The summed E-state index contributed by atoms with van der Waals surface area (Å²) in [6.45, 7) is 0.160. The molecule has 4 aromatic heterocycles. The smallest absolute Gasteiger partial charge is 0.263 e. The van der Waals surface area contributed by atoms with Crippen molar-refractivity contribution in [2.45, 2.75) is 6.54 Å². The first-order valence-electron chi connectivity index (χ1n) is 8.90. The molecule has 0 bridgehead atoms. The zero-order chi connectivity index (χ0) is 20.5. The van der Waals surface area contributed by atoms with Crippen LogP contribution in [-0.4, -0.2) is 29.9 Å². The van der Waals surface area contributed by atoms with E-state index in [9.17, 15) is 9.18 Å². The van der Waals surface area contributed by atoms with Gasteiger partial charge in [0.15, 0.2) is 5.82 Å². The maximum absolute atomic E-state index is 14.2. The molecule has 0 saturated heterocycles. The molecular formula is C20H13FN6O3. The number of hydrogen-bond acceptors (Lipinski definition) is 7. The lowest BCUT2D eigenvalue weighted by atomic mass is 10.2. The minimum absolute atomic E-state index is 0.160. The van der Waals surface area contributed by atoms with E-state index in [0.29, 0.717) is 22.6 Å². The summed E-state index contributed by atoms with van der Waals surface area (Å²) in [7, 11) is 0. The Bertz CT molecular complexity index is 1360. The molecule has 0 spiro atoms. The first-order valence-corrected chi connectivity index (χ1v) is 8.90. The second-order valence-corrected chi connectivity index (χ2v) is 6.36. The molecule has 0 aliphatic rings. The van der Waals surface area contributed by atoms with Gasteiger partial charge in [0, 0.05) is 17.8 Å². The van der Waals surface area contributed by atoms with Gasteiger partial charge in [-0.1, -0.05) is 23.4 Å². The van der Waals surface area contributed by atoms with Crippen LogP contribution in [0.3, 0.4) is 0 Å². The first-order chi connectivity index (χ1) is 14.7. The molecule has 5 aromatic rings. The van der Waals surface area contributed by atoms with Crippen LogP contribution in [0.1, 0.15) is 5.56 Å². The Morgan fingerprint density at radius 3 is 2.73 bits per heavy atom. The lowest BCUT2D eigenvalue weighted by Crippen LogP contribution is -2.12. The molecule has 0 fully saturated rings. The van der Waals surface area contributed by atoms with E-state index < -0.39 is 5.56 Å². The molecule has 0 unspecified atom stereocenters. The van der Waals surface area contributed by atoms with E-state index in [1.807, 2.05) is 0 Å². The third-order valence-electron chi connectivity index (χ3n) is 4.46. The van der Waals surface area contributed by atoms with Crippen LogP contribution in [-0.2, 0) is 6.54 Å². The van der Waals surface area contributed by atoms with Crippen LogP contribution in [0.2, 0.25) is 0 Å². The quantitative estimate of drug-likeness (QED) is 0.478. The molecule has 0 radical (unpaired) electrons. The van der Waals surface area contributed by atoms with E-state index in [1.165, 1.54) is 31.0 Å². The van der Waals surface area contributed by atoms with Crippen molar-refractivity contribution in [3.63, 3.8) is 0 Å². The molecule has 0 amide bonds. The topological polar surface area (TPSA) is 116 Å². The van der Waals surface area contributed by atoms with Crippen molar-refractivity contribution in [2.75, 3.05) is 0 Å². The van der Waals surface area contributed by atoms with Crippen molar-refractivity contribution >= 4 is 0 Å². The fraction of sp³-hybridized carbons (Fsp3) is 0.0500. The van der Waals surface area contributed by atoms with Gasteiger partial charge >= 0.3 is 0 Å². The molecule has 10 heteroatoms. The number of benzene rings is 1. The van der Waals surface area contributed by atoms with Crippen molar-refractivity contribution < 1.29 is 13.3 Å². The zero-order valence-corrected chi connectivity index (χ0v) is 15.3. The van der Waals surface area contributed by atoms with Gasteiger partial charge < -0.3 is 13.9 Å². The average Bonchev–Trinajstić information content (AvgIpc) is 3.51.